The molecule has 1 heterocycles. The molecule has 2 N–H and O–H groups in total. The smallest absolute Gasteiger partial charge is 0.256 e. The van der Waals surface area contributed by atoms with E-state index in [4.69, 9.17) is 16.6 Å². The molecule has 0 aliphatic rings. The molecule has 0 spiro atoms. The number of hydrogen-bond donors (Lipinski definition) is 2. The van der Waals surface area contributed by atoms with Gasteiger partial charge in [-0.05, 0) is 68.8 Å². The number of nitrogens with zero attached hydrogens (tertiary/aromatic N) is 2. The number of aliphatic imine (C=N–C) groups is 1. The van der Waals surface area contributed by atoms with E-state index < -0.39 is 0 Å². The first-order valence-electron chi connectivity index (χ1n) is 11.8. The Bertz CT molecular complexity index is 1540. The predicted octanol–water partition coefficient (Wildman–Crippen LogP) is 6.76. The number of pyridine rings is 1. The van der Waals surface area contributed by atoms with Crippen LogP contribution in [-0.4, -0.2) is 29.6 Å². The summed E-state index contributed by atoms with van der Waals surface area (Å²) in [5.41, 5.74) is 6.21. The lowest BCUT2D eigenvalue weighted by atomic mass is 9.99. The molecule has 0 fully saturated rings. The molecule has 2 amide bonds. The van der Waals surface area contributed by atoms with Crippen molar-refractivity contribution in [2.45, 2.75) is 20.8 Å². The molecule has 0 bridgehead atoms. The van der Waals surface area contributed by atoms with Crippen molar-refractivity contribution in [3.63, 3.8) is 0 Å². The molecule has 0 aliphatic heterocycles. The van der Waals surface area contributed by atoms with Gasteiger partial charge in [0.25, 0.3) is 11.8 Å². The van der Waals surface area contributed by atoms with Gasteiger partial charge < -0.3 is 10.6 Å². The normalized spacial score (nSPS) is 11.0. The number of hydrogen-bond acceptors (Lipinski definition) is 4. The van der Waals surface area contributed by atoms with Gasteiger partial charge >= 0.3 is 0 Å². The van der Waals surface area contributed by atoms with Crippen LogP contribution in [0.2, 0.25) is 5.02 Å². The van der Waals surface area contributed by atoms with E-state index in [1.54, 1.807) is 49.5 Å². The molecule has 0 atom stereocenters. The van der Waals surface area contributed by atoms with Gasteiger partial charge in [-0.15, -0.1) is 0 Å². The SMILES string of the molecule is C=C(CNC(=O)c1ccc(NC(=O)c2cc(-c3ccccc3Cl)nc3c(C)cc(C)cc23)cc1)N=CC. The van der Waals surface area contributed by atoms with Crippen molar-refractivity contribution in [1.82, 2.24) is 10.3 Å². The van der Waals surface area contributed by atoms with Gasteiger partial charge in [0.2, 0.25) is 0 Å². The highest BCUT2D eigenvalue weighted by molar-refractivity contribution is 6.33. The Hall–Kier alpha value is -4.29. The Kier molecular flexibility index (Phi) is 7.80. The van der Waals surface area contributed by atoms with E-state index >= 15 is 0 Å². The van der Waals surface area contributed by atoms with Gasteiger partial charge in [0.1, 0.15) is 0 Å². The molecule has 186 valence electrons. The summed E-state index contributed by atoms with van der Waals surface area (Å²) in [6.07, 6.45) is 1.62. The number of nitrogens with one attached hydrogen (secondary N) is 2. The predicted molar refractivity (Wildman–Crippen MR) is 152 cm³/mol. The van der Waals surface area contributed by atoms with Crippen LogP contribution in [0.3, 0.4) is 0 Å². The van der Waals surface area contributed by atoms with Crippen molar-refractivity contribution < 1.29 is 9.59 Å². The van der Waals surface area contributed by atoms with Gasteiger partial charge in [0, 0.05) is 33.4 Å². The third kappa shape index (κ3) is 5.93. The van der Waals surface area contributed by atoms with Crippen LogP contribution in [0.15, 0.2) is 84.0 Å². The van der Waals surface area contributed by atoms with E-state index in [0.717, 1.165) is 27.6 Å². The van der Waals surface area contributed by atoms with Crippen molar-refractivity contribution in [2.75, 3.05) is 11.9 Å². The summed E-state index contributed by atoms with van der Waals surface area (Å²) >= 11 is 6.45. The van der Waals surface area contributed by atoms with E-state index in [1.807, 2.05) is 44.2 Å². The van der Waals surface area contributed by atoms with Crippen LogP contribution in [0.1, 0.15) is 38.8 Å². The van der Waals surface area contributed by atoms with Gasteiger partial charge in [-0.3, -0.25) is 14.6 Å². The molecule has 0 saturated carbocycles. The average molecular weight is 511 g/mol. The topological polar surface area (TPSA) is 83.5 Å². The number of benzene rings is 3. The third-order valence-corrected chi connectivity index (χ3v) is 6.14. The second kappa shape index (κ2) is 11.2. The molecule has 37 heavy (non-hydrogen) atoms. The zero-order valence-electron chi connectivity index (χ0n) is 20.9. The molecule has 4 rings (SSSR count). The van der Waals surface area contributed by atoms with E-state index in [2.05, 4.69) is 22.2 Å². The van der Waals surface area contributed by atoms with Crippen LogP contribution in [-0.2, 0) is 0 Å². The second-order valence-electron chi connectivity index (χ2n) is 8.68. The summed E-state index contributed by atoms with van der Waals surface area (Å²) in [5.74, 6) is -0.530. The van der Waals surface area contributed by atoms with Crippen LogP contribution in [0.4, 0.5) is 5.69 Å². The molecule has 4 aromatic rings. The molecule has 0 aliphatic carbocycles. The molecule has 0 saturated heterocycles. The fourth-order valence-electron chi connectivity index (χ4n) is 4.09. The van der Waals surface area contributed by atoms with Gasteiger partial charge in [0.05, 0.1) is 29.0 Å². The molecule has 0 unspecified atom stereocenters. The van der Waals surface area contributed by atoms with E-state index in [0.29, 0.717) is 33.2 Å². The van der Waals surface area contributed by atoms with Crippen molar-refractivity contribution in [3.05, 3.63) is 106 Å². The summed E-state index contributed by atoms with van der Waals surface area (Å²) in [6.45, 7) is 9.79. The molecule has 7 heteroatoms. The zero-order valence-corrected chi connectivity index (χ0v) is 21.7. The fourth-order valence-corrected chi connectivity index (χ4v) is 4.32. The molecular weight excluding hydrogens is 484 g/mol. The first-order chi connectivity index (χ1) is 17.8. The fraction of sp³-hybridized carbons (Fsp3) is 0.133. The summed E-state index contributed by atoms with van der Waals surface area (Å²) in [4.78, 5) is 34.8. The minimum atomic E-state index is -0.281. The largest absolute Gasteiger partial charge is 0.346 e. The van der Waals surface area contributed by atoms with Crippen molar-refractivity contribution in [2.24, 2.45) is 4.99 Å². The Morgan fingerprint density at radius 1 is 1.03 bits per heavy atom. The minimum absolute atomic E-state index is 0.249. The number of carbonyl (C=O) groups excluding carboxylic acids is 2. The number of aromatic nitrogens is 1. The number of anilines is 1. The number of halogens is 1. The third-order valence-electron chi connectivity index (χ3n) is 5.81. The number of carbonyl (C=O) groups is 2. The van der Waals surface area contributed by atoms with Crippen LogP contribution in [0.25, 0.3) is 22.2 Å². The summed E-state index contributed by atoms with van der Waals surface area (Å²) in [5, 5.41) is 7.04. The molecular formula is C30H27ClN4O2. The standard InChI is InChI=1S/C30H27ClN4O2/c1-5-32-20(4)17-33-29(36)21-10-12-22(13-11-21)34-30(37)25-16-27(23-8-6-7-9-26(23)31)35-28-19(3)14-18(2)15-24(25)28/h5-16H,4,17H2,1-3H3,(H,33,36)(H,34,37). The monoisotopic (exact) mass is 510 g/mol. The minimum Gasteiger partial charge on any atom is -0.346 e. The number of fused-ring (bicyclic) bond motifs is 1. The quantitative estimate of drug-likeness (QED) is 0.269. The van der Waals surface area contributed by atoms with Gasteiger partial charge in [-0.2, -0.15) is 0 Å². The lowest BCUT2D eigenvalue weighted by molar-refractivity contribution is 0.0956. The van der Waals surface area contributed by atoms with E-state index in [-0.39, 0.29) is 18.4 Å². The average Bonchev–Trinajstić information content (AvgIpc) is 2.87. The Morgan fingerprint density at radius 2 is 1.76 bits per heavy atom. The summed E-state index contributed by atoms with van der Waals surface area (Å²) in [6, 6.07) is 19.9. The highest BCUT2D eigenvalue weighted by Crippen LogP contribution is 2.32. The van der Waals surface area contributed by atoms with Crippen molar-refractivity contribution in [1.29, 1.82) is 0 Å². The zero-order chi connectivity index (χ0) is 26.5. The highest BCUT2D eigenvalue weighted by Gasteiger charge is 2.17. The Labute approximate surface area is 221 Å². The van der Waals surface area contributed by atoms with Crippen LogP contribution >= 0.6 is 11.6 Å². The van der Waals surface area contributed by atoms with Gasteiger partial charge in [0.15, 0.2) is 0 Å². The first-order valence-corrected chi connectivity index (χ1v) is 12.2. The summed E-state index contributed by atoms with van der Waals surface area (Å²) in [7, 11) is 0. The van der Waals surface area contributed by atoms with Gasteiger partial charge in [-0.1, -0.05) is 48.0 Å². The molecule has 0 radical (unpaired) electrons. The highest BCUT2D eigenvalue weighted by atomic mass is 35.5. The number of amides is 2. The van der Waals surface area contributed by atoms with E-state index in [1.165, 1.54) is 0 Å². The van der Waals surface area contributed by atoms with Crippen LogP contribution < -0.4 is 10.6 Å². The van der Waals surface area contributed by atoms with Gasteiger partial charge in [-0.25, -0.2) is 4.98 Å². The number of aryl methyl sites for hydroxylation is 2. The van der Waals surface area contributed by atoms with Crippen molar-refractivity contribution in [3.8, 4) is 11.3 Å². The number of rotatable bonds is 7. The molecule has 3 aromatic carbocycles. The molecule has 6 nitrogen and oxygen atoms in total. The van der Waals surface area contributed by atoms with E-state index in [9.17, 15) is 9.59 Å². The van der Waals surface area contributed by atoms with Crippen LogP contribution in [0, 0.1) is 13.8 Å². The maximum atomic E-state index is 13.5. The first kappa shape index (κ1) is 25.8. The maximum Gasteiger partial charge on any atom is 0.256 e. The van der Waals surface area contributed by atoms with Crippen molar-refractivity contribution >= 4 is 46.2 Å². The lowest BCUT2D eigenvalue weighted by Gasteiger charge is -2.14. The molecule has 1 aromatic heterocycles. The summed E-state index contributed by atoms with van der Waals surface area (Å²) < 4.78 is 0. The Balaban J connectivity index is 1.63. The lowest BCUT2D eigenvalue weighted by Crippen LogP contribution is -2.25. The second-order valence-corrected chi connectivity index (χ2v) is 9.09. The maximum absolute atomic E-state index is 13.5. The van der Waals surface area contributed by atoms with Crippen LogP contribution in [0.5, 0.6) is 0 Å². The Morgan fingerprint density at radius 3 is 2.46 bits per heavy atom.